The van der Waals surface area contributed by atoms with Gasteiger partial charge in [0.05, 0.1) is 24.5 Å². The zero-order valence-electron chi connectivity index (χ0n) is 18.2. The summed E-state index contributed by atoms with van der Waals surface area (Å²) in [5, 5.41) is 14.8. The summed E-state index contributed by atoms with van der Waals surface area (Å²) < 4.78 is 25.0. The molecule has 34 heavy (non-hydrogen) atoms. The standard InChI is InChI=1S/C21H22FN5O7/c1-12(28)23-10-14-11-27(21(32)33-14)13-2-3-17(15(22)8-13)25-4-6-26(7-5-25)19(29)18-9-16(20(30)31)24-34-18/h2-3,8-9,14H,4-7,10-11H2,1H3,(H,23,28)(H,30,31)/t14-/m0/s1. The minimum Gasteiger partial charge on any atom is -0.476 e. The van der Waals surface area contributed by atoms with Crippen molar-refractivity contribution in [3.63, 3.8) is 0 Å². The quantitative estimate of drug-likeness (QED) is 0.623. The summed E-state index contributed by atoms with van der Waals surface area (Å²) in [4.78, 5) is 51.2. The first kappa shape index (κ1) is 23.0. The van der Waals surface area contributed by atoms with Crippen LogP contribution in [0.25, 0.3) is 0 Å². The third-order valence-corrected chi connectivity index (χ3v) is 5.54. The fourth-order valence-corrected chi connectivity index (χ4v) is 3.80. The number of ether oxygens (including phenoxy) is 1. The number of carboxylic acids is 1. The molecule has 0 unspecified atom stereocenters. The van der Waals surface area contributed by atoms with Crippen LogP contribution >= 0.6 is 0 Å². The second-order valence-electron chi connectivity index (χ2n) is 7.85. The Morgan fingerprint density at radius 3 is 2.56 bits per heavy atom. The molecule has 2 aliphatic rings. The van der Waals surface area contributed by atoms with Gasteiger partial charge >= 0.3 is 12.1 Å². The number of carboxylic acid groups (broad SMARTS) is 1. The largest absolute Gasteiger partial charge is 0.476 e. The first-order valence-electron chi connectivity index (χ1n) is 10.5. The van der Waals surface area contributed by atoms with Gasteiger partial charge in [0.2, 0.25) is 11.7 Å². The number of amides is 3. The summed E-state index contributed by atoms with van der Waals surface area (Å²) >= 11 is 0. The maximum Gasteiger partial charge on any atom is 0.414 e. The van der Waals surface area contributed by atoms with E-state index in [1.54, 1.807) is 17.0 Å². The number of aromatic nitrogens is 1. The van der Waals surface area contributed by atoms with Crippen molar-refractivity contribution in [2.24, 2.45) is 0 Å². The smallest absolute Gasteiger partial charge is 0.414 e. The average molecular weight is 475 g/mol. The molecule has 4 rings (SSSR count). The highest BCUT2D eigenvalue weighted by Gasteiger charge is 2.33. The predicted molar refractivity (Wildman–Crippen MR) is 114 cm³/mol. The minimum absolute atomic E-state index is 0.171. The molecule has 2 aliphatic heterocycles. The maximum absolute atomic E-state index is 14.9. The van der Waals surface area contributed by atoms with E-state index in [4.69, 9.17) is 14.4 Å². The molecule has 13 heteroatoms. The van der Waals surface area contributed by atoms with Crippen LogP contribution in [0.4, 0.5) is 20.6 Å². The summed E-state index contributed by atoms with van der Waals surface area (Å²) in [7, 11) is 0. The number of carbonyl (C=O) groups excluding carboxylic acids is 3. The van der Waals surface area contributed by atoms with Crippen LogP contribution in [0.3, 0.4) is 0 Å². The second-order valence-corrected chi connectivity index (χ2v) is 7.85. The first-order valence-corrected chi connectivity index (χ1v) is 10.5. The van der Waals surface area contributed by atoms with Gasteiger partial charge in [0.1, 0.15) is 11.9 Å². The van der Waals surface area contributed by atoms with Crippen LogP contribution < -0.4 is 15.1 Å². The molecule has 0 aliphatic carbocycles. The van der Waals surface area contributed by atoms with Crippen LogP contribution in [0.15, 0.2) is 28.8 Å². The van der Waals surface area contributed by atoms with Crippen molar-refractivity contribution in [3.05, 3.63) is 41.5 Å². The topological polar surface area (TPSA) is 146 Å². The van der Waals surface area contributed by atoms with Gasteiger partial charge in [-0.25, -0.2) is 14.0 Å². The molecule has 1 aromatic carbocycles. The highest BCUT2D eigenvalue weighted by atomic mass is 19.1. The SMILES string of the molecule is CC(=O)NC[C@H]1CN(c2ccc(N3CCN(C(=O)c4cc(C(=O)O)no4)CC3)c(F)c2)C(=O)O1. The predicted octanol–water partition coefficient (Wildman–Crippen LogP) is 0.936. The van der Waals surface area contributed by atoms with E-state index in [0.29, 0.717) is 24.5 Å². The third-order valence-electron chi connectivity index (χ3n) is 5.54. The van der Waals surface area contributed by atoms with E-state index in [2.05, 4.69) is 10.5 Å². The molecule has 0 bridgehead atoms. The minimum atomic E-state index is -1.29. The van der Waals surface area contributed by atoms with Gasteiger partial charge in [0.15, 0.2) is 5.69 Å². The highest BCUT2D eigenvalue weighted by Crippen LogP contribution is 2.28. The van der Waals surface area contributed by atoms with Crippen molar-refractivity contribution in [2.75, 3.05) is 49.1 Å². The van der Waals surface area contributed by atoms with Gasteiger partial charge in [-0.15, -0.1) is 0 Å². The lowest BCUT2D eigenvalue weighted by atomic mass is 10.2. The lowest BCUT2D eigenvalue weighted by molar-refractivity contribution is -0.119. The van der Waals surface area contributed by atoms with Gasteiger partial charge < -0.3 is 29.5 Å². The molecule has 0 spiro atoms. The number of carbonyl (C=O) groups is 4. The molecule has 180 valence electrons. The Bertz CT molecular complexity index is 1130. The molecule has 0 radical (unpaired) electrons. The summed E-state index contributed by atoms with van der Waals surface area (Å²) in [6, 6.07) is 5.49. The molecule has 1 aromatic heterocycles. The van der Waals surface area contributed by atoms with Crippen molar-refractivity contribution in [2.45, 2.75) is 13.0 Å². The number of rotatable bonds is 6. The molecular weight excluding hydrogens is 453 g/mol. The zero-order valence-corrected chi connectivity index (χ0v) is 18.2. The molecule has 2 N–H and O–H groups in total. The van der Waals surface area contributed by atoms with Crippen molar-refractivity contribution >= 4 is 35.3 Å². The lowest BCUT2D eigenvalue weighted by Crippen LogP contribution is -2.49. The number of halogens is 1. The Morgan fingerprint density at radius 1 is 1.21 bits per heavy atom. The van der Waals surface area contributed by atoms with Crippen molar-refractivity contribution in [1.29, 1.82) is 0 Å². The Kier molecular flexibility index (Phi) is 6.34. The molecule has 12 nitrogen and oxygen atoms in total. The van der Waals surface area contributed by atoms with Crippen LogP contribution in [0.2, 0.25) is 0 Å². The number of anilines is 2. The Balaban J connectivity index is 1.36. The fraction of sp³-hybridized carbons (Fsp3) is 0.381. The molecule has 1 atom stereocenters. The third kappa shape index (κ3) is 4.77. The number of nitrogens with one attached hydrogen (secondary N) is 1. The second kappa shape index (κ2) is 9.37. The van der Waals surface area contributed by atoms with E-state index < -0.39 is 29.9 Å². The molecular formula is C21H22FN5O7. The summed E-state index contributed by atoms with van der Waals surface area (Å²) in [5.74, 6) is -2.72. The number of benzene rings is 1. The van der Waals surface area contributed by atoms with Crippen molar-refractivity contribution < 1.29 is 37.9 Å². The van der Waals surface area contributed by atoms with Crippen LogP contribution in [0.1, 0.15) is 28.0 Å². The van der Waals surface area contributed by atoms with E-state index in [-0.39, 0.29) is 43.5 Å². The maximum atomic E-state index is 14.9. The molecule has 2 fully saturated rings. The number of hydrogen-bond donors (Lipinski definition) is 2. The van der Waals surface area contributed by atoms with E-state index in [1.807, 2.05) is 0 Å². The molecule has 0 saturated carbocycles. The van der Waals surface area contributed by atoms with Crippen LogP contribution in [0.5, 0.6) is 0 Å². The normalized spacial score (nSPS) is 18.1. The summed E-state index contributed by atoms with van der Waals surface area (Å²) in [6.45, 7) is 2.94. The average Bonchev–Trinajstić information content (AvgIpc) is 3.44. The number of piperazine rings is 1. The summed E-state index contributed by atoms with van der Waals surface area (Å²) in [6.07, 6.45) is -1.14. The van der Waals surface area contributed by atoms with E-state index in [1.165, 1.54) is 22.8 Å². The number of nitrogens with zero attached hydrogens (tertiary/aromatic N) is 4. The fourth-order valence-electron chi connectivity index (χ4n) is 3.80. The van der Waals surface area contributed by atoms with Crippen molar-refractivity contribution in [3.8, 4) is 0 Å². The molecule has 2 saturated heterocycles. The first-order chi connectivity index (χ1) is 16.2. The molecule has 3 heterocycles. The Hall–Kier alpha value is -4.16. The lowest BCUT2D eigenvalue weighted by Gasteiger charge is -2.35. The van der Waals surface area contributed by atoms with Crippen LogP contribution in [0, 0.1) is 5.82 Å². The van der Waals surface area contributed by atoms with Crippen LogP contribution in [-0.2, 0) is 9.53 Å². The summed E-state index contributed by atoms with van der Waals surface area (Å²) in [5.41, 5.74) is 0.309. The van der Waals surface area contributed by atoms with Gasteiger partial charge in [-0.05, 0) is 18.2 Å². The van der Waals surface area contributed by atoms with Gasteiger partial charge in [0, 0.05) is 39.2 Å². The Labute approximate surface area is 192 Å². The molecule has 2 aromatic rings. The van der Waals surface area contributed by atoms with Gasteiger partial charge in [-0.3, -0.25) is 14.5 Å². The Morgan fingerprint density at radius 2 is 1.94 bits per heavy atom. The van der Waals surface area contributed by atoms with Gasteiger partial charge in [-0.2, -0.15) is 0 Å². The van der Waals surface area contributed by atoms with Gasteiger partial charge in [-0.1, -0.05) is 5.16 Å². The van der Waals surface area contributed by atoms with Gasteiger partial charge in [0.25, 0.3) is 5.91 Å². The van der Waals surface area contributed by atoms with E-state index in [9.17, 15) is 23.6 Å². The van der Waals surface area contributed by atoms with Crippen molar-refractivity contribution in [1.82, 2.24) is 15.4 Å². The zero-order chi connectivity index (χ0) is 24.4. The highest BCUT2D eigenvalue weighted by molar-refractivity contribution is 5.94. The number of hydrogen-bond acceptors (Lipinski definition) is 8. The number of aromatic carboxylic acids is 1. The molecule has 3 amide bonds. The monoisotopic (exact) mass is 475 g/mol. The van der Waals surface area contributed by atoms with E-state index in [0.717, 1.165) is 6.07 Å². The van der Waals surface area contributed by atoms with E-state index >= 15 is 0 Å². The van der Waals surface area contributed by atoms with Crippen LogP contribution in [-0.4, -0.2) is 84.4 Å². The number of cyclic esters (lactones) is 1.